The average Bonchev–Trinajstić information content (AvgIpc) is 3.26. The van der Waals surface area contributed by atoms with E-state index in [0.29, 0.717) is 35.2 Å². The number of rotatable bonds is 5. The van der Waals surface area contributed by atoms with Crippen LogP contribution in [0.3, 0.4) is 0 Å². The highest BCUT2D eigenvalue weighted by Crippen LogP contribution is 2.32. The summed E-state index contributed by atoms with van der Waals surface area (Å²) in [5.74, 6) is 0.178. The Kier molecular flexibility index (Phi) is 4.73. The van der Waals surface area contributed by atoms with Gasteiger partial charge in [0.25, 0.3) is 0 Å². The molecule has 0 saturated carbocycles. The van der Waals surface area contributed by atoms with Crippen LogP contribution in [-0.2, 0) is 6.42 Å². The fourth-order valence-corrected chi connectivity index (χ4v) is 4.00. The molecule has 27 heavy (non-hydrogen) atoms. The molecule has 136 valence electrons. The van der Waals surface area contributed by atoms with Crippen molar-refractivity contribution in [1.82, 2.24) is 9.88 Å². The quantitative estimate of drug-likeness (QED) is 0.672. The first-order valence-electron chi connectivity index (χ1n) is 8.63. The van der Waals surface area contributed by atoms with Gasteiger partial charge in [0.1, 0.15) is 22.4 Å². The highest BCUT2D eigenvalue weighted by atomic mass is 32.1. The van der Waals surface area contributed by atoms with E-state index in [0.717, 1.165) is 12.0 Å². The van der Waals surface area contributed by atoms with Crippen LogP contribution in [0, 0.1) is 11.2 Å². The summed E-state index contributed by atoms with van der Waals surface area (Å²) < 4.78 is 13.1. The summed E-state index contributed by atoms with van der Waals surface area (Å²) >= 11 is 1.38. The molecule has 2 N–H and O–H groups in total. The fourth-order valence-electron chi connectivity index (χ4n) is 3.10. The van der Waals surface area contributed by atoms with Gasteiger partial charge in [-0.05, 0) is 36.2 Å². The van der Waals surface area contributed by atoms with E-state index in [1.165, 1.54) is 29.0 Å². The number of amidine groups is 1. The lowest BCUT2D eigenvalue weighted by atomic mass is 10.1. The molecule has 2 aromatic carbocycles. The molecule has 0 unspecified atom stereocenters. The Morgan fingerprint density at radius 1 is 1.11 bits per heavy atom. The van der Waals surface area contributed by atoms with Gasteiger partial charge in [0.2, 0.25) is 0 Å². The maximum absolute atomic E-state index is 13.1. The third kappa shape index (κ3) is 3.61. The number of benzene rings is 2. The summed E-state index contributed by atoms with van der Waals surface area (Å²) in [7, 11) is 0. The van der Waals surface area contributed by atoms with Gasteiger partial charge in [-0.3, -0.25) is 5.41 Å². The number of nitrogens with zero attached hydrogens (tertiary/aromatic N) is 2. The Bertz CT molecular complexity index is 996. The Morgan fingerprint density at radius 2 is 1.85 bits per heavy atom. The number of thiazole rings is 1. The Hall–Kier alpha value is -2.99. The first kappa shape index (κ1) is 17.4. The number of aliphatic hydroxyl groups excluding tert-OH is 1. The second-order valence-corrected chi connectivity index (χ2v) is 7.23. The Labute approximate surface area is 160 Å². The number of hydrogen-bond donors (Lipinski definition) is 2. The van der Waals surface area contributed by atoms with Gasteiger partial charge >= 0.3 is 0 Å². The van der Waals surface area contributed by atoms with E-state index in [2.05, 4.69) is 17.1 Å². The fraction of sp³-hybridized carbons (Fsp3) is 0.143. The van der Waals surface area contributed by atoms with Gasteiger partial charge in [0.15, 0.2) is 0 Å². The van der Waals surface area contributed by atoms with Gasteiger partial charge in [0, 0.05) is 17.5 Å². The summed E-state index contributed by atoms with van der Waals surface area (Å²) in [4.78, 5) is 6.41. The van der Waals surface area contributed by atoms with Crippen molar-refractivity contribution in [3.8, 4) is 11.3 Å². The maximum atomic E-state index is 13.1. The number of aromatic nitrogens is 1. The van der Waals surface area contributed by atoms with E-state index in [1.807, 2.05) is 28.5 Å². The molecule has 0 saturated heterocycles. The van der Waals surface area contributed by atoms with Crippen LogP contribution in [0.4, 0.5) is 4.39 Å². The van der Waals surface area contributed by atoms with Crippen molar-refractivity contribution in [1.29, 1.82) is 5.41 Å². The zero-order valence-corrected chi connectivity index (χ0v) is 15.3. The van der Waals surface area contributed by atoms with Crippen molar-refractivity contribution in [3.05, 3.63) is 82.1 Å². The molecule has 0 amide bonds. The van der Waals surface area contributed by atoms with Crippen molar-refractivity contribution < 1.29 is 9.50 Å². The van der Waals surface area contributed by atoms with Crippen LogP contribution in [0.2, 0.25) is 0 Å². The van der Waals surface area contributed by atoms with Gasteiger partial charge in [-0.25, -0.2) is 9.37 Å². The first-order valence-corrected chi connectivity index (χ1v) is 9.51. The highest BCUT2D eigenvalue weighted by Gasteiger charge is 2.30. The number of nitrogens with one attached hydrogen (secondary N) is 1. The molecule has 0 fully saturated rings. The van der Waals surface area contributed by atoms with Crippen LogP contribution < -0.4 is 0 Å². The zero-order valence-electron chi connectivity index (χ0n) is 14.5. The SMILES string of the molecule is N=C1C(c2nc(-c3ccc(F)cc3)cs2)=C(O)CN1CCc1ccccc1. The summed E-state index contributed by atoms with van der Waals surface area (Å²) in [6, 6.07) is 16.2. The standard InChI is InChI=1S/C21H18FN3OS/c22-16-8-6-15(7-9-16)17-13-27-21(24-17)19-18(26)12-25(20(19)23)11-10-14-4-2-1-3-5-14/h1-9,13,23,26H,10-12H2. The third-order valence-electron chi connectivity index (χ3n) is 4.55. The molecule has 0 atom stereocenters. The average molecular weight is 379 g/mol. The topological polar surface area (TPSA) is 60.2 Å². The highest BCUT2D eigenvalue weighted by molar-refractivity contribution is 7.11. The summed E-state index contributed by atoms with van der Waals surface area (Å²) in [5.41, 5.74) is 3.21. The van der Waals surface area contributed by atoms with E-state index in [4.69, 9.17) is 5.41 Å². The minimum Gasteiger partial charge on any atom is -0.510 e. The molecule has 2 heterocycles. The van der Waals surface area contributed by atoms with Gasteiger partial charge in [-0.1, -0.05) is 30.3 Å². The molecule has 0 bridgehead atoms. The van der Waals surface area contributed by atoms with Crippen LogP contribution in [0.1, 0.15) is 10.6 Å². The van der Waals surface area contributed by atoms with Crippen LogP contribution >= 0.6 is 11.3 Å². The minimum atomic E-state index is -0.291. The van der Waals surface area contributed by atoms with E-state index in [9.17, 15) is 9.50 Å². The molecular weight excluding hydrogens is 361 g/mol. The van der Waals surface area contributed by atoms with E-state index < -0.39 is 0 Å². The Balaban J connectivity index is 1.49. The smallest absolute Gasteiger partial charge is 0.135 e. The second-order valence-electron chi connectivity index (χ2n) is 6.37. The molecule has 3 aromatic rings. The number of aliphatic hydroxyl groups is 1. The lowest BCUT2D eigenvalue weighted by Crippen LogP contribution is -2.28. The van der Waals surface area contributed by atoms with Crippen LogP contribution in [0.5, 0.6) is 0 Å². The molecule has 4 rings (SSSR count). The van der Waals surface area contributed by atoms with Crippen molar-refractivity contribution in [2.24, 2.45) is 0 Å². The van der Waals surface area contributed by atoms with Crippen molar-refractivity contribution in [3.63, 3.8) is 0 Å². The molecular formula is C21H18FN3OS. The van der Waals surface area contributed by atoms with E-state index >= 15 is 0 Å². The van der Waals surface area contributed by atoms with Gasteiger partial charge in [-0.15, -0.1) is 11.3 Å². The largest absolute Gasteiger partial charge is 0.510 e. The molecule has 6 heteroatoms. The predicted molar refractivity (Wildman–Crippen MR) is 107 cm³/mol. The van der Waals surface area contributed by atoms with Gasteiger partial charge in [0.05, 0.1) is 17.8 Å². The summed E-state index contributed by atoms with van der Waals surface area (Å²) in [6.45, 7) is 0.985. The molecule has 0 radical (unpaired) electrons. The lowest BCUT2D eigenvalue weighted by Gasteiger charge is -2.18. The second kappa shape index (κ2) is 7.32. The molecule has 1 aliphatic rings. The van der Waals surface area contributed by atoms with Crippen LogP contribution in [0.25, 0.3) is 16.8 Å². The molecule has 1 aliphatic heterocycles. The minimum absolute atomic E-state index is 0.174. The summed E-state index contributed by atoms with van der Waals surface area (Å²) in [5, 5.41) is 21.3. The van der Waals surface area contributed by atoms with Crippen molar-refractivity contribution in [2.75, 3.05) is 13.1 Å². The molecule has 1 aromatic heterocycles. The van der Waals surface area contributed by atoms with E-state index in [-0.39, 0.29) is 11.6 Å². The normalized spacial score (nSPS) is 14.3. The maximum Gasteiger partial charge on any atom is 0.135 e. The number of halogens is 1. The third-order valence-corrected chi connectivity index (χ3v) is 5.41. The summed E-state index contributed by atoms with van der Waals surface area (Å²) in [6.07, 6.45) is 0.808. The number of hydrogen-bond acceptors (Lipinski definition) is 4. The van der Waals surface area contributed by atoms with E-state index in [1.54, 1.807) is 12.1 Å². The van der Waals surface area contributed by atoms with Gasteiger partial charge < -0.3 is 10.0 Å². The monoisotopic (exact) mass is 379 g/mol. The lowest BCUT2D eigenvalue weighted by molar-refractivity contribution is 0.351. The van der Waals surface area contributed by atoms with Crippen LogP contribution in [0.15, 0.2) is 65.7 Å². The van der Waals surface area contributed by atoms with Crippen molar-refractivity contribution >= 4 is 22.7 Å². The Morgan fingerprint density at radius 3 is 2.59 bits per heavy atom. The molecule has 0 spiro atoms. The predicted octanol–water partition coefficient (Wildman–Crippen LogP) is 4.75. The molecule has 0 aliphatic carbocycles. The first-order chi connectivity index (χ1) is 13.1. The van der Waals surface area contributed by atoms with Crippen molar-refractivity contribution in [2.45, 2.75) is 6.42 Å². The zero-order chi connectivity index (χ0) is 18.8. The van der Waals surface area contributed by atoms with Crippen LogP contribution in [-0.4, -0.2) is 33.9 Å². The van der Waals surface area contributed by atoms with Gasteiger partial charge in [-0.2, -0.15) is 0 Å². The molecule has 4 nitrogen and oxygen atoms in total.